The van der Waals surface area contributed by atoms with E-state index in [0.29, 0.717) is 0 Å². The van der Waals surface area contributed by atoms with Crippen LogP contribution in [-0.4, -0.2) is 5.11 Å². The lowest BCUT2D eigenvalue weighted by atomic mass is 9.98. The van der Waals surface area contributed by atoms with Crippen molar-refractivity contribution in [1.82, 2.24) is 0 Å². The van der Waals surface area contributed by atoms with Crippen LogP contribution in [0.5, 0.6) is 0 Å². The third-order valence-electron chi connectivity index (χ3n) is 2.99. The van der Waals surface area contributed by atoms with Gasteiger partial charge in [0.25, 0.3) is 0 Å². The second-order valence-electron chi connectivity index (χ2n) is 4.32. The Balaban J connectivity index is 2.79. The van der Waals surface area contributed by atoms with Crippen LogP contribution < -0.4 is 5.73 Å². The van der Waals surface area contributed by atoms with Gasteiger partial charge in [-0.15, -0.1) is 0 Å². The molecule has 0 amide bonds. The highest BCUT2D eigenvalue weighted by molar-refractivity contribution is 5.75. The van der Waals surface area contributed by atoms with Crippen molar-refractivity contribution in [2.75, 3.05) is 5.73 Å². The minimum atomic E-state index is 0.196. The van der Waals surface area contributed by atoms with Crippen LogP contribution >= 0.6 is 0 Å². The molecule has 0 heterocycles. The number of hydrogen-bond donors (Lipinski definition) is 2. The molecule has 0 atom stereocenters. The van der Waals surface area contributed by atoms with Crippen LogP contribution in [0, 0.1) is 0 Å². The Morgan fingerprint density at radius 1 is 1.20 bits per heavy atom. The van der Waals surface area contributed by atoms with E-state index in [2.05, 4.69) is 19.7 Å². The van der Waals surface area contributed by atoms with Gasteiger partial charge in [-0.2, -0.15) is 0 Å². The van der Waals surface area contributed by atoms with Gasteiger partial charge < -0.3 is 10.8 Å². The fraction of sp³-hybridized carbons (Fsp3) is 0.111. The third kappa shape index (κ3) is 4.02. The maximum absolute atomic E-state index is 9.41. The number of rotatable bonds is 7. The summed E-state index contributed by atoms with van der Waals surface area (Å²) in [4.78, 5) is 0. The van der Waals surface area contributed by atoms with Crippen molar-refractivity contribution in [1.29, 1.82) is 0 Å². The van der Waals surface area contributed by atoms with Crippen molar-refractivity contribution >= 4 is 17.8 Å². The second-order valence-corrected chi connectivity index (χ2v) is 4.32. The number of anilines is 1. The predicted molar refractivity (Wildman–Crippen MR) is 89.4 cm³/mol. The van der Waals surface area contributed by atoms with E-state index >= 15 is 0 Å². The van der Waals surface area contributed by atoms with Crippen LogP contribution in [0.4, 0.5) is 5.69 Å². The molecule has 0 aliphatic rings. The Morgan fingerprint density at radius 3 is 2.55 bits per heavy atom. The number of aliphatic hydroxyl groups excluding tert-OH is 1. The molecule has 0 aromatic heterocycles. The summed E-state index contributed by atoms with van der Waals surface area (Å²) >= 11 is 0. The van der Waals surface area contributed by atoms with Gasteiger partial charge in [-0.25, -0.2) is 0 Å². The molecule has 1 aromatic carbocycles. The van der Waals surface area contributed by atoms with Crippen LogP contribution in [0.2, 0.25) is 0 Å². The summed E-state index contributed by atoms with van der Waals surface area (Å²) < 4.78 is 0. The smallest absolute Gasteiger partial charge is 0.115 e. The topological polar surface area (TPSA) is 46.2 Å². The molecule has 0 radical (unpaired) electrons. The Labute approximate surface area is 120 Å². The lowest BCUT2D eigenvalue weighted by Gasteiger charge is -2.10. The Kier molecular flexibility index (Phi) is 6.11. The zero-order chi connectivity index (χ0) is 15.0. The molecule has 0 unspecified atom stereocenters. The second kappa shape index (κ2) is 7.85. The number of benzene rings is 1. The quantitative estimate of drug-likeness (QED) is 0.428. The molecule has 2 nitrogen and oxygen atoms in total. The lowest BCUT2D eigenvalue weighted by Crippen LogP contribution is -1.99. The van der Waals surface area contributed by atoms with Crippen LogP contribution in [-0.2, 0) is 6.42 Å². The maximum atomic E-state index is 9.41. The van der Waals surface area contributed by atoms with Crippen LogP contribution in [0.25, 0.3) is 12.2 Å². The summed E-state index contributed by atoms with van der Waals surface area (Å²) in [7, 11) is 0. The first-order valence-electron chi connectivity index (χ1n) is 6.48. The first kappa shape index (κ1) is 15.6. The average Bonchev–Trinajstić information content (AvgIpc) is 2.44. The van der Waals surface area contributed by atoms with E-state index in [0.717, 1.165) is 35.2 Å². The van der Waals surface area contributed by atoms with Gasteiger partial charge in [-0.1, -0.05) is 56.2 Å². The highest BCUT2D eigenvalue weighted by Crippen LogP contribution is 2.25. The van der Waals surface area contributed by atoms with Crippen molar-refractivity contribution < 1.29 is 5.11 Å². The van der Waals surface area contributed by atoms with E-state index in [-0.39, 0.29) is 5.76 Å². The number of aryl methyl sites for hydroxylation is 1. The molecule has 0 fully saturated rings. The summed E-state index contributed by atoms with van der Waals surface area (Å²) in [5.74, 6) is 0.196. The standard InChI is InChI=1S/C18H21NO/c1-4-9-16(20)11-8-7-10-15-13-12-14(5-2)17(6-3)18(15)19/h4-6,8-9,11-13,20H,1-3,7,10,19H2/b11-8-,16-9+. The molecule has 20 heavy (non-hydrogen) atoms. The highest BCUT2D eigenvalue weighted by atomic mass is 16.3. The molecule has 0 bridgehead atoms. The normalized spacial score (nSPS) is 11.5. The Bertz CT molecular complexity index is 565. The first-order valence-corrected chi connectivity index (χ1v) is 6.48. The molecule has 0 aliphatic heterocycles. The van der Waals surface area contributed by atoms with Crippen LogP contribution in [0.3, 0.4) is 0 Å². The minimum absolute atomic E-state index is 0.196. The summed E-state index contributed by atoms with van der Waals surface area (Å²) in [5, 5.41) is 9.41. The van der Waals surface area contributed by atoms with E-state index in [1.165, 1.54) is 0 Å². The van der Waals surface area contributed by atoms with Gasteiger partial charge in [0.2, 0.25) is 0 Å². The zero-order valence-electron chi connectivity index (χ0n) is 11.7. The molecule has 1 rings (SSSR count). The van der Waals surface area contributed by atoms with Crippen LogP contribution in [0.1, 0.15) is 23.1 Å². The highest BCUT2D eigenvalue weighted by Gasteiger charge is 2.05. The van der Waals surface area contributed by atoms with Gasteiger partial charge in [-0.3, -0.25) is 0 Å². The zero-order valence-corrected chi connectivity index (χ0v) is 11.7. The third-order valence-corrected chi connectivity index (χ3v) is 2.99. The fourth-order valence-corrected chi connectivity index (χ4v) is 1.94. The molecular formula is C18H21NO. The average molecular weight is 267 g/mol. The molecule has 1 aromatic rings. The predicted octanol–water partition coefficient (Wildman–Crippen LogP) is 4.67. The summed E-state index contributed by atoms with van der Waals surface area (Å²) in [6.07, 6.45) is 11.8. The Morgan fingerprint density at radius 2 is 1.95 bits per heavy atom. The number of nitrogen functional groups attached to an aromatic ring is 1. The van der Waals surface area contributed by atoms with Crippen molar-refractivity contribution in [2.24, 2.45) is 0 Å². The number of nitrogens with two attached hydrogens (primary N) is 1. The van der Waals surface area contributed by atoms with Gasteiger partial charge in [0.15, 0.2) is 0 Å². The minimum Gasteiger partial charge on any atom is -0.508 e. The van der Waals surface area contributed by atoms with Gasteiger partial charge in [0, 0.05) is 11.3 Å². The molecule has 0 aliphatic carbocycles. The largest absolute Gasteiger partial charge is 0.508 e. The monoisotopic (exact) mass is 267 g/mol. The maximum Gasteiger partial charge on any atom is 0.115 e. The Hall–Kier alpha value is -2.48. The summed E-state index contributed by atoms with van der Waals surface area (Å²) in [6.45, 7) is 11.1. The van der Waals surface area contributed by atoms with Gasteiger partial charge in [-0.05, 0) is 36.1 Å². The van der Waals surface area contributed by atoms with Crippen molar-refractivity contribution in [3.63, 3.8) is 0 Å². The summed E-state index contributed by atoms with van der Waals surface area (Å²) in [6, 6.07) is 4.00. The molecule has 104 valence electrons. The number of aliphatic hydroxyl groups is 1. The van der Waals surface area contributed by atoms with E-state index < -0.39 is 0 Å². The van der Waals surface area contributed by atoms with Gasteiger partial charge >= 0.3 is 0 Å². The molecule has 2 heteroatoms. The van der Waals surface area contributed by atoms with E-state index in [9.17, 15) is 5.11 Å². The van der Waals surface area contributed by atoms with Crippen molar-refractivity contribution in [2.45, 2.75) is 12.8 Å². The number of allylic oxidation sites excluding steroid dienone is 4. The van der Waals surface area contributed by atoms with E-state index in [1.54, 1.807) is 30.4 Å². The SMILES string of the molecule is C=C/C=C(O)\C=C/CCc1ccc(C=C)c(C=C)c1N. The molecule has 0 spiro atoms. The van der Waals surface area contributed by atoms with Gasteiger partial charge in [0.1, 0.15) is 5.76 Å². The van der Waals surface area contributed by atoms with E-state index in [4.69, 9.17) is 5.73 Å². The number of hydrogen-bond acceptors (Lipinski definition) is 2. The molecule has 3 N–H and O–H groups in total. The van der Waals surface area contributed by atoms with Gasteiger partial charge in [0.05, 0.1) is 0 Å². The van der Waals surface area contributed by atoms with Crippen molar-refractivity contribution in [3.05, 3.63) is 78.6 Å². The molecular weight excluding hydrogens is 246 g/mol. The van der Waals surface area contributed by atoms with E-state index in [1.807, 2.05) is 18.2 Å². The first-order chi connectivity index (χ1) is 9.63. The van der Waals surface area contributed by atoms with Crippen LogP contribution in [0.15, 0.2) is 61.9 Å². The lowest BCUT2D eigenvalue weighted by molar-refractivity contribution is 0.432. The fourth-order valence-electron chi connectivity index (χ4n) is 1.94. The van der Waals surface area contributed by atoms with Crippen molar-refractivity contribution in [3.8, 4) is 0 Å². The molecule has 0 saturated heterocycles. The molecule has 0 saturated carbocycles. The summed E-state index contributed by atoms with van der Waals surface area (Å²) in [5.41, 5.74) is 9.88.